The molecule has 1 heterocycles. The minimum Gasteiger partial charge on any atom is -0.444 e. The van der Waals surface area contributed by atoms with Crippen molar-refractivity contribution < 1.29 is 14.3 Å². The minimum absolute atomic E-state index is 0.131. The van der Waals surface area contributed by atoms with Gasteiger partial charge in [0.25, 0.3) is 0 Å². The van der Waals surface area contributed by atoms with Gasteiger partial charge in [0.15, 0.2) is 0 Å². The van der Waals surface area contributed by atoms with Crippen molar-refractivity contribution in [3.63, 3.8) is 0 Å². The predicted octanol–water partition coefficient (Wildman–Crippen LogP) is 2.04. The van der Waals surface area contributed by atoms with E-state index < -0.39 is 11.7 Å². The fourth-order valence-electron chi connectivity index (χ4n) is 1.21. The number of alkyl carbamates (subject to hydrolysis) is 1. The van der Waals surface area contributed by atoms with E-state index in [-0.39, 0.29) is 5.91 Å². The van der Waals surface area contributed by atoms with Gasteiger partial charge >= 0.3 is 6.09 Å². The van der Waals surface area contributed by atoms with E-state index in [0.29, 0.717) is 23.2 Å². The maximum atomic E-state index is 11.6. The zero-order valence-electron chi connectivity index (χ0n) is 12.6. The molecule has 2 N–H and O–H groups in total. The Hall–Kier alpha value is -1.35. The number of anilines is 1. The van der Waals surface area contributed by atoms with Gasteiger partial charge in [-0.25, -0.2) is 4.79 Å². The molecular formula is C12H20N4O3S2. The zero-order chi connectivity index (χ0) is 15.9. The molecule has 7 nitrogen and oxygen atoms in total. The van der Waals surface area contributed by atoms with Crippen LogP contribution in [0.5, 0.6) is 0 Å². The van der Waals surface area contributed by atoms with E-state index in [1.165, 1.54) is 23.1 Å². The summed E-state index contributed by atoms with van der Waals surface area (Å²) < 4.78 is 5.09. The molecular weight excluding hydrogens is 312 g/mol. The average molecular weight is 332 g/mol. The number of aromatic nitrogens is 2. The Morgan fingerprint density at radius 3 is 2.62 bits per heavy atom. The van der Waals surface area contributed by atoms with Crippen LogP contribution < -0.4 is 10.6 Å². The molecule has 0 aliphatic heterocycles. The second-order valence-corrected chi connectivity index (χ2v) is 7.44. The number of ether oxygens (including phenoxy) is 1. The van der Waals surface area contributed by atoms with Crippen molar-refractivity contribution in [1.29, 1.82) is 0 Å². The average Bonchev–Trinajstić information content (AvgIpc) is 2.71. The summed E-state index contributed by atoms with van der Waals surface area (Å²) in [6, 6.07) is 0. The second-order valence-electron chi connectivity index (χ2n) is 5.16. The minimum atomic E-state index is -0.503. The molecule has 2 amide bonds. The first-order valence-corrected chi connectivity index (χ1v) is 8.38. The molecule has 0 aromatic carbocycles. The largest absolute Gasteiger partial charge is 0.444 e. The van der Waals surface area contributed by atoms with Gasteiger partial charge in [-0.15, -0.1) is 10.2 Å². The van der Waals surface area contributed by atoms with E-state index in [1.807, 2.05) is 6.92 Å². The van der Waals surface area contributed by atoms with Gasteiger partial charge < -0.3 is 10.1 Å². The first-order valence-electron chi connectivity index (χ1n) is 6.41. The third kappa shape index (κ3) is 8.51. The van der Waals surface area contributed by atoms with E-state index in [0.717, 1.165) is 5.01 Å². The van der Waals surface area contributed by atoms with Crippen molar-refractivity contribution in [3.05, 3.63) is 5.01 Å². The summed E-state index contributed by atoms with van der Waals surface area (Å²) in [6.07, 6.45) is -0.447. The molecule has 9 heteroatoms. The Morgan fingerprint density at radius 2 is 2.05 bits per heavy atom. The van der Waals surface area contributed by atoms with E-state index >= 15 is 0 Å². The fraction of sp³-hybridized carbons (Fsp3) is 0.667. The molecule has 0 atom stereocenters. The lowest BCUT2D eigenvalue weighted by atomic mass is 10.2. The van der Waals surface area contributed by atoms with Crippen molar-refractivity contribution in [2.45, 2.75) is 33.3 Å². The molecule has 0 bridgehead atoms. The van der Waals surface area contributed by atoms with Crippen LogP contribution in [0.3, 0.4) is 0 Å². The number of rotatable bonds is 6. The van der Waals surface area contributed by atoms with Gasteiger partial charge in [-0.05, 0) is 27.7 Å². The molecule has 0 spiro atoms. The molecule has 0 saturated heterocycles. The summed E-state index contributed by atoms with van der Waals surface area (Å²) in [5.74, 6) is 0.796. The highest BCUT2D eigenvalue weighted by Gasteiger charge is 2.15. The van der Waals surface area contributed by atoms with Gasteiger partial charge in [0, 0.05) is 12.3 Å². The summed E-state index contributed by atoms with van der Waals surface area (Å²) in [7, 11) is 0. The van der Waals surface area contributed by atoms with Gasteiger partial charge in [-0.1, -0.05) is 11.3 Å². The maximum absolute atomic E-state index is 11.6. The zero-order valence-corrected chi connectivity index (χ0v) is 14.2. The van der Waals surface area contributed by atoms with E-state index in [2.05, 4.69) is 20.8 Å². The number of aryl methyl sites for hydroxylation is 1. The summed E-state index contributed by atoms with van der Waals surface area (Å²) in [5, 5.41) is 14.2. The quantitative estimate of drug-likeness (QED) is 0.774. The Morgan fingerprint density at radius 1 is 1.33 bits per heavy atom. The Kier molecular flexibility index (Phi) is 6.90. The smallest absolute Gasteiger partial charge is 0.407 e. The first kappa shape index (κ1) is 17.7. The van der Waals surface area contributed by atoms with Gasteiger partial charge in [0.05, 0.1) is 5.75 Å². The van der Waals surface area contributed by atoms with E-state index in [9.17, 15) is 9.59 Å². The van der Waals surface area contributed by atoms with Crippen LogP contribution in [0.4, 0.5) is 9.93 Å². The highest BCUT2D eigenvalue weighted by Crippen LogP contribution is 2.14. The number of hydrogen-bond donors (Lipinski definition) is 2. The standard InChI is InChI=1S/C12H20N4O3S2/c1-8-15-16-10(21-8)14-9(17)7-20-6-5-13-11(18)19-12(2,3)4/h5-7H2,1-4H3,(H,13,18)(H,14,16,17). The van der Waals surface area contributed by atoms with Crippen LogP contribution in [0, 0.1) is 6.92 Å². The van der Waals surface area contributed by atoms with Crippen LogP contribution >= 0.6 is 23.1 Å². The van der Waals surface area contributed by atoms with Crippen molar-refractivity contribution in [2.24, 2.45) is 0 Å². The number of carbonyl (C=O) groups excluding carboxylic acids is 2. The maximum Gasteiger partial charge on any atom is 0.407 e. The van der Waals surface area contributed by atoms with Crippen molar-refractivity contribution in [3.8, 4) is 0 Å². The number of carbonyl (C=O) groups is 2. The Balaban J connectivity index is 2.08. The molecule has 1 rings (SSSR count). The van der Waals surface area contributed by atoms with Gasteiger partial charge in [0.2, 0.25) is 11.0 Å². The second kappa shape index (κ2) is 8.18. The SMILES string of the molecule is Cc1nnc(NC(=O)CSCCNC(=O)OC(C)(C)C)s1. The molecule has 0 aliphatic carbocycles. The van der Waals surface area contributed by atoms with E-state index in [4.69, 9.17) is 4.74 Å². The summed E-state index contributed by atoms with van der Waals surface area (Å²) in [4.78, 5) is 23.0. The monoisotopic (exact) mass is 332 g/mol. The lowest BCUT2D eigenvalue weighted by Gasteiger charge is -2.19. The lowest BCUT2D eigenvalue weighted by molar-refractivity contribution is -0.113. The van der Waals surface area contributed by atoms with Crippen LogP contribution in [-0.4, -0.2) is 45.8 Å². The number of hydrogen-bond acceptors (Lipinski definition) is 7. The fourth-order valence-corrected chi connectivity index (χ4v) is 2.46. The van der Waals surface area contributed by atoms with Crippen molar-refractivity contribution in [2.75, 3.05) is 23.4 Å². The molecule has 0 saturated carbocycles. The Bertz CT molecular complexity index is 485. The summed E-state index contributed by atoms with van der Waals surface area (Å²) in [6.45, 7) is 7.69. The van der Waals surface area contributed by atoms with E-state index in [1.54, 1.807) is 20.8 Å². The topological polar surface area (TPSA) is 93.2 Å². The van der Waals surface area contributed by atoms with Crippen LogP contribution in [0.25, 0.3) is 0 Å². The van der Waals surface area contributed by atoms with Gasteiger partial charge in [-0.2, -0.15) is 11.8 Å². The number of nitrogens with zero attached hydrogens (tertiary/aromatic N) is 2. The Labute approximate surface area is 132 Å². The van der Waals surface area contributed by atoms with Crippen LogP contribution in [-0.2, 0) is 9.53 Å². The molecule has 0 unspecified atom stereocenters. The number of thioether (sulfide) groups is 1. The third-order valence-electron chi connectivity index (χ3n) is 1.92. The first-order chi connectivity index (χ1) is 9.76. The molecule has 0 aliphatic rings. The summed E-state index contributed by atoms with van der Waals surface area (Å²) in [5.41, 5.74) is -0.503. The number of nitrogens with one attached hydrogen (secondary N) is 2. The van der Waals surface area contributed by atoms with Gasteiger partial charge in [0.1, 0.15) is 10.6 Å². The highest BCUT2D eigenvalue weighted by molar-refractivity contribution is 7.99. The number of amides is 2. The van der Waals surface area contributed by atoms with Crippen LogP contribution in [0.2, 0.25) is 0 Å². The lowest BCUT2D eigenvalue weighted by Crippen LogP contribution is -2.33. The van der Waals surface area contributed by atoms with Crippen LogP contribution in [0.1, 0.15) is 25.8 Å². The van der Waals surface area contributed by atoms with Crippen LogP contribution in [0.15, 0.2) is 0 Å². The molecule has 21 heavy (non-hydrogen) atoms. The molecule has 0 fully saturated rings. The highest BCUT2D eigenvalue weighted by atomic mass is 32.2. The molecule has 118 valence electrons. The molecule has 0 radical (unpaired) electrons. The normalized spacial score (nSPS) is 11.0. The summed E-state index contributed by atoms with van der Waals surface area (Å²) >= 11 is 2.75. The predicted molar refractivity (Wildman–Crippen MR) is 84.8 cm³/mol. The van der Waals surface area contributed by atoms with Crippen molar-refractivity contribution in [1.82, 2.24) is 15.5 Å². The molecule has 1 aromatic rings. The van der Waals surface area contributed by atoms with Gasteiger partial charge in [-0.3, -0.25) is 10.1 Å². The third-order valence-corrected chi connectivity index (χ3v) is 3.63. The van der Waals surface area contributed by atoms with Crippen molar-refractivity contribution >= 4 is 40.2 Å². The molecule has 1 aromatic heterocycles.